The number of benzene rings is 1. The number of anilines is 1. The fourth-order valence-electron chi connectivity index (χ4n) is 3.91. The Balaban J connectivity index is 1.60. The number of nitriles is 1. The van der Waals surface area contributed by atoms with Gasteiger partial charge in [0.15, 0.2) is 0 Å². The first-order valence-corrected chi connectivity index (χ1v) is 10.3. The molecule has 1 saturated heterocycles. The van der Waals surface area contributed by atoms with Gasteiger partial charge in [-0.25, -0.2) is 9.69 Å². The lowest BCUT2D eigenvalue weighted by Gasteiger charge is -2.28. The zero-order chi connectivity index (χ0) is 23.0. The molecular formula is C23H24N6O3. The molecule has 0 spiro atoms. The summed E-state index contributed by atoms with van der Waals surface area (Å²) in [7, 11) is 0. The van der Waals surface area contributed by atoms with Gasteiger partial charge in [-0.2, -0.15) is 10.4 Å². The van der Waals surface area contributed by atoms with Gasteiger partial charge < -0.3 is 9.42 Å². The number of nitrogens with zero attached hydrogens (tertiary/aromatic N) is 6. The van der Waals surface area contributed by atoms with Crippen LogP contribution in [-0.4, -0.2) is 37.3 Å². The van der Waals surface area contributed by atoms with E-state index in [9.17, 15) is 9.59 Å². The Morgan fingerprint density at radius 3 is 2.50 bits per heavy atom. The molecule has 32 heavy (non-hydrogen) atoms. The summed E-state index contributed by atoms with van der Waals surface area (Å²) in [5, 5.41) is 17.4. The number of imide groups is 1. The fourth-order valence-corrected chi connectivity index (χ4v) is 3.91. The van der Waals surface area contributed by atoms with Gasteiger partial charge in [0, 0.05) is 18.3 Å². The number of aryl methyl sites for hydroxylation is 2. The highest BCUT2D eigenvalue weighted by Gasteiger charge is 2.52. The van der Waals surface area contributed by atoms with Crippen molar-refractivity contribution in [1.82, 2.24) is 19.8 Å². The second kappa shape index (κ2) is 7.96. The Kier molecular flexibility index (Phi) is 5.30. The summed E-state index contributed by atoms with van der Waals surface area (Å²) in [5.74, 6) is 0.383. The summed E-state index contributed by atoms with van der Waals surface area (Å²) in [4.78, 5) is 29.3. The first-order valence-electron chi connectivity index (χ1n) is 10.3. The predicted octanol–water partition coefficient (Wildman–Crippen LogP) is 3.35. The third-order valence-corrected chi connectivity index (χ3v) is 5.92. The Labute approximate surface area is 185 Å². The van der Waals surface area contributed by atoms with E-state index in [4.69, 9.17) is 9.78 Å². The maximum Gasteiger partial charge on any atom is 0.332 e. The van der Waals surface area contributed by atoms with Gasteiger partial charge in [0.25, 0.3) is 5.91 Å². The number of amides is 3. The van der Waals surface area contributed by atoms with E-state index >= 15 is 0 Å². The monoisotopic (exact) mass is 432 g/mol. The molecule has 0 atom stereocenters. The van der Waals surface area contributed by atoms with Crippen LogP contribution >= 0.6 is 0 Å². The highest BCUT2D eigenvalue weighted by atomic mass is 16.5. The third kappa shape index (κ3) is 3.54. The van der Waals surface area contributed by atoms with E-state index in [1.54, 1.807) is 24.7 Å². The van der Waals surface area contributed by atoms with Crippen molar-refractivity contribution in [1.29, 1.82) is 5.26 Å². The number of carbonyl (C=O) groups is 2. The van der Waals surface area contributed by atoms with Gasteiger partial charge in [0.05, 0.1) is 36.6 Å². The summed E-state index contributed by atoms with van der Waals surface area (Å²) in [6, 6.07) is 9.20. The van der Waals surface area contributed by atoms with Crippen molar-refractivity contribution < 1.29 is 14.1 Å². The van der Waals surface area contributed by atoms with Crippen molar-refractivity contribution in [2.45, 2.75) is 52.7 Å². The van der Waals surface area contributed by atoms with Gasteiger partial charge in [-0.05, 0) is 38.8 Å². The fraction of sp³-hybridized carbons (Fsp3) is 0.348. The standard InChI is InChI=1S/C23H24N6O3/c1-15-20(16(2)32-26-15)14-27-13-19(11-25-27)29-21(30)23(3,4)28(22(29)31)12-18-8-6-5-7-17(18)9-10-24/h5-8,11,13H,9,12,14H2,1-4H3. The zero-order valence-electron chi connectivity index (χ0n) is 18.5. The molecule has 1 aliphatic heterocycles. The Morgan fingerprint density at radius 2 is 1.84 bits per heavy atom. The smallest absolute Gasteiger partial charge is 0.332 e. The molecule has 9 heteroatoms. The lowest BCUT2D eigenvalue weighted by molar-refractivity contribution is -0.123. The summed E-state index contributed by atoms with van der Waals surface area (Å²) in [6.45, 7) is 7.81. The van der Waals surface area contributed by atoms with Crippen LogP contribution in [0.4, 0.5) is 10.5 Å². The van der Waals surface area contributed by atoms with Crippen LogP contribution in [0, 0.1) is 25.2 Å². The highest BCUT2D eigenvalue weighted by Crippen LogP contribution is 2.33. The largest absolute Gasteiger partial charge is 0.361 e. The Hall–Kier alpha value is -3.93. The van der Waals surface area contributed by atoms with E-state index in [-0.39, 0.29) is 18.9 Å². The molecule has 1 fully saturated rings. The van der Waals surface area contributed by atoms with Crippen LogP contribution in [0.15, 0.2) is 41.2 Å². The molecule has 0 N–H and O–H groups in total. The Morgan fingerprint density at radius 1 is 1.12 bits per heavy atom. The van der Waals surface area contributed by atoms with Crippen molar-refractivity contribution in [3.05, 3.63) is 64.8 Å². The minimum atomic E-state index is -1.04. The van der Waals surface area contributed by atoms with E-state index in [0.29, 0.717) is 18.0 Å². The minimum Gasteiger partial charge on any atom is -0.361 e. The minimum absolute atomic E-state index is 0.235. The van der Waals surface area contributed by atoms with Crippen LogP contribution in [0.3, 0.4) is 0 Å². The zero-order valence-corrected chi connectivity index (χ0v) is 18.5. The Bertz CT molecular complexity index is 1210. The maximum absolute atomic E-state index is 13.3. The van der Waals surface area contributed by atoms with Crippen molar-refractivity contribution in [3.8, 4) is 6.07 Å². The van der Waals surface area contributed by atoms with E-state index in [0.717, 1.165) is 22.4 Å². The normalized spacial score (nSPS) is 15.5. The molecule has 1 aromatic carbocycles. The van der Waals surface area contributed by atoms with Crippen LogP contribution in [0.25, 0.3) is 0 Å². The second-order valence-corrected chi connectivity index (χ2v) is 8.37. The predicted molar refractivity (Wildman–Crippen MR) is 116 cm³/mol. The summed E-state index contributed by atoms with van der Waals surface area (Å²) in [5.41, 5.74) is 2.75. The molecule has 3 amide bonds. The number of hydrogen-bond acceptors (Lipinski definition) is 6. The molecule has 0 bridgehead atoms. The van der Waals surface area contributed by atoms with Crippen LogP contribution in [-0.2, 0) is 24.3 Å². The van der Waals surface area contributed by atoms with Crippen molar-refractivity contribution in [2.75, 3.05) is 4.90 Å². The third-order valence-electron chi connectivity index (χ3n) is 5.92. The lowest BCUT2D eigenvalue weighted by atomic mass is 10.0. The number of carbonyl (C=O) groups excluding carboxylic acids is 2. The maximum atomic E-state index is 13.3. The second-order valence-electron chi connectivity index (χ2n) is 8.37. The van der Waals surface area contributed by atoms with Gasteiger partial charge in [-0.3, -0.25) is 9.48 Å². The van der Waals surface area contributed by atoms with E-state index < -0.39 is 11.6 Å². The molecule has 3 aromatic rings. The van der Waals surface area contributed by atoms with Crippen LogP contribution < -0.4 is 4.90 Å². The van der Waals surface area contributed by atoms with Gasteiger partial charge in [0.2, 0.25) is 0 Å². The first-order chi connectivity index (χ1) is 15.2. The van der Waals surface area contributed by atoms with Crippen LogP contribution in [0.5, 0.6) is 0 Å². The number of hydrogen-bond donors (Lipinski definition) is 0. The van der Waals surface area contributed by atoms with Gasteiger partial charge in [-0.1, -0.05) is 29.4 Å². The summed E-state index contributed by atoms with van der Waals surface area (Å²) < 4.78 is 6.85. The molecule has 0 aliphatic carbocycles. The topological polar surface area (TPSA) is 108 Å². The molecule has 1 aliphatic rings. The highest BCUT2D eigenvalue weighted by molar-refractivity contribution is 6.22. The first kappa shape index (κ1) is 21.3. The van der Waals surface area contributed by atoms with E-state index in [2.05, 4.69) is 16.3 Å². The molecule has 0 saturated carbocycles. The molecule has 3 heterocycles. The quantitative estimate of drug-likeness (QED) is 0.553. The average molecular weight is 432 g/mol. The van der Waals surface area contributed by atoms with Crippen molar-refractivity contribution >= 4 is 17.6 Å². The molecular weight excluding hydrogens is 408 g/mol. The average Bonchev–Trinajstić information content (AvgIpc) is 3.38. The van der Waals surface area contributed by atoms with E-state index in [1.165, 1.54) is 16.0 Å². The molecule has 164 valence electrons. The van der Waals surface area contributed by atoms with Crippen LogP contribution in [0.2, 0.25) is 0 Å². The van der Waals surface area contributed by atoms with Crippen molar-refractivity contribution in [3.63, 3.8) is 0 Å². The molecule has 4 rings (SSSR count). The van der Waals surface area contributed by atoms with Gasteiger partial charge >= 0.3 is 6.03 Å². The molecule has 2 aromatic heterocycles. The molecule has 9 nitrogen and oxygen atoms in total. The number of aromatic nitrogens is 3. The number of urea groups is 1. The lowest BCUT2D eigenvalue weighted by Crippen LogP contribution is -2.43. The molecule has 0 radical (unpaired) electrons. The van der Waals surface area contributed by atoms with Crippen molar-refractivity contribution in [2.24, 2.45) is 0 Å². The molecule has 0 unspecified atom stereocenters. The van der Waals surface area contributed by atoms with Gasteiger partial charge in [-0.15, -0.1) is 0 Å². The number of rotatable bonds is 6. The van der Waals surface area contributed by atoms with Gasteiger partial charge in [0.1, 0.15) is 11.3 Å². The SMILES string of the molecule is Cc1noc(C)c1Cn1cc(N2C(=O)N(Cc3ccccc3CC#N)C(C)(C)C2=O)cn1. The van der Waals surface area contributed by atoms with Crippen LogP contribution in [0.1, 0.15) is 42.0 Å². The van der Waals surface area contributed by atoms with E-state index in [1.807, 2.05) is 38.1 Å². The summed E-state index contributed by atoms with van der Waals surface area (Å²) >= 11 is 0. The summed E-state index contributed by atoms with van der Waals surface area (Å²) in [6.07, 6.45) is 3.42.